The van der Waals surface area contributed by atoms with Crippen molar-refractivity contribution in [2.45, 2.75) is 78.4 Å². The van der Waals surface area contributed by atoms with E-state index in [0.717, 1.165) is 59.4 Å². The molecule has 0 aliphatic carbocycles. The number of alkyl halides is 3. The molecule has 0 spiro atoms. The van der Waals surface area contributed by atoms with Crippen molar-refractivity contribution in [2.75, 3.05) is 46.1 Å². The van der Waals surface area contributed by atoms with E-state index in [1.165, 1.54) is 25.5 Å². The molecular weight excluding hydrogens is 1710 g/mol. The number of aromatic nitrogens is 4. The van der Waals surface area contributed by atoms with Crippen LogP contribution in [0.25, 0.3) is 22.5 Å². The second-order valence-electron chi connectivity index (χ2n) is 17.5. The third kappa shape index (κ3) is 30.7. The van der Waals surface area contributed by atoms with Crippen molar-refractivity contribution in [3.63, 3.8) is 0 Å². The summed E-state index contributed by atoms with van der Waals surface area (Å²) in [6.07, 6.45) is 7.81. The van der Waals surface area contributed by atoms with E-state index in [1.807, 2.05) is 127 Å². The maximum absolute atomic E-state index is 13.0. The summed E-state index contributed by atoms with van der Waals surface area (Å²) >= 11 is 17.1. The smallest absolute Gasteiger partial charge is 0.410 e. The summed E-state index contributed by atoms with van der Waals surface area (Å²) in [6, 6.07) is 37.9. The van der Waals surface area contributed by atoms with E-state index >= 15 is 0 Å². The normalized spacial score (nSPS) is 14.0. The number of ketones is 1. The van der Waals surface area contributed by atoms with Crippen molar-refractivity contribution in [3.05, 3.63) is 160 Å². The Labute approximate surface area is 581 Å². The average Bonchev–Trinajstić information content (AvgIpc) is 3.49. The van der Waals surface area contributed by atoms with Gasteiger partial charge in [-0.3, -0.25) is 18.4 Å². The van der Waals surface area contributed by atoms with Gasteiger partial charge in [0, 0.05) is 92.8 Å². The van der Waals surface area contributed by atoms with Crippen LogP contribution in [0.3, 0.4) is 0 Å². The molecule has 2 aliphatic heterocycles. The number of anilines is 1. The predicted molar refractivity (Wildman–Crippen MR) is 362 cm³/mol. The first-order valence-corrected chi connectivity index (χ1v) is 31.8. The molecule has 0 unspecified atom stereocenters. The van der Waals surface area contributed by atoms with Crippen molar-refractivity contribution in [2.24, 2.45) is 11.8 Å². The van der Waals surface area contributed by atoms with Crippen LogP contribution in [0.2, 0.25) is 0 Å². The Morgan fingerprint density at radius 2 is 1.06 bits per heavy atom. The van der Waals surface area contributed by atoms with Gasteiger partial charge in [0.25, 0.3) is 0 Å². The number of rotatable bonds is 14. The second kappa shape index (κ2) is 44.8. The van der Waals surface area contributed by atoms with Crippen molar-refractivity contribution < 1.29 is 75.2 Å². The third-order valence-electron chi connectivity index (χ3n) is 11.6. The van der Waals surface area contributed by atoms with Gasteiger partial charge in [-0.05, 0) is 85.2 Å². The van der Waals surface area contributed by atoms with Gasteiger partial charge in [0.2, 0.25) is 5.24 Å². The van der Waals surface area contributed by atoms with Crippen LogP contribution in [0.1, 0.15) is 76.1 Å². The summed E-state index contributed by atoms with van der Waals surface area (Å²) in [5.74, 6) is 1.51. The van der Waals surface area contributed by atoms with Gasteiger partial charge in [0.15, 0.2) is 0 Å². The number of para-hydroxylation sites is 2. The molecule has 4 aromatic carbocycles. The van der Waals surface area contributed by atoms with Gasteiger partial charge in [-0.1, -0.05) is 167 Å². The standard InChI is InChI=1S/C26H27N3O4.C14H16ClNO3.C11H11N3O.C3H5I3.C3H6I.C2H4I.2V/c1-32-25-12-6-5-11-22(25)23-14-21(27-18-28-23)15-24(30)20-10-7-13-29(16-20)26(31)33-17-19-8-3-2-4-9-19;15-13(17)12-7-4-8-16(9-12)14(18)19-10-11-5-2-1-3-6-11;1-15-10-5-3-2-4-8(10)9-6-11(12)14-7-13-9;1-2-3(4,5)6;1-2-3-4;1-2-3;;/h2-6,8-9,11-12,14,18,20H,7,10,13,15-17H2,1H3;1-3,5-6,12H,4,7-10H2;2-7H,1H3,(H2,12,13,14);2H2,1H3;3H,2H2,1H3;2H,1H3;;/q;;;;2*-1;;/t20-;12-;;;;;;/m00....../s1. The minimum Gasteiger partial charge on any atom is -0.496 e. The van der Waals surface area contributed by atoms with Crippen LogP contribution < -0.4 is 15.2 Å². The number of hydrogen-bond donors (Lipinski definition) is 1. The Balaban J connectivity index is 0.000000582. The van der Waals surface area contributed by atoms with Gasteiger partial charge in [-0.25, -0.2) is 29.5 Å². The number of amides is 2. The second-order valence-corrected chi connectivity index (χ2v) is 31.7. The summed E-state index contributed by atoms with van der Waals surface area (Å²) in [6.45, 7) is 8.71. The SMILES string of the molecule is CCC(I)(I)I.CC[CH-]I.COc1ccccc1-c1cc(CC(=O)[C@H]2CCCN(C(=O)OCc3ccccc3)C2)ncn1.COc1ccccc1-c1cc(N)ncn1.C[CH-]I.O=C(Cl)[C@H]1CCCN(C(=O)OCc2ccccc2)C1.[V].[V]. The largest absolute Gasteiger partial charge is 0.496 e. The first-order chi connectivity index (χ1) is 38.5. The maximum Gasteiger partial charge on any atom is 0.410 e. The first kappa shape index (κ1) is 77.4. The van der Waals surface area contributed by atoms with E-state index in [4.69, 9.17) is 36.3 Å². The fourth-order valence-electron chi connectivity index (χ4n) is 7.55. The van der Waals surface area contributed by atoms with Crippen LogP contribution in [0.15, 0.2) is 134 Å². The van der Waals surface area contributed by atoms with Gasteiger partial charge in [-0.15, -0.1) is 0 Å². The van der Waals surface area contributed by atoms with Crippen LogP contribution in [0.5, 0.6) is 11.5 Å². The van der Waals surface area contributed by atoms with Crippen molar-refractivity contribution in [1.82, 2.24) is 29.7 Å². The molecule has 8 rings (SSSR count). The van der Waals surface area contributed by atoms with Crippen LogP contribution in [-0.2, 0) is 75.8 Å². The Morgan fingerprint density at radius 1 is 0.659 bits per heavy atom. The average molecular weight is 1780 g/mol. The number of carbonyl (C=O) groups excluding carboxylic acids is 4. The molecule has 2 fully saturated rings. The molecule has 6 aromatic rings. The Kier molecular flexibility index (Phi) is 42.3. The number of Topliss-reactive ketones (excluding diaryl/α,β-unsaturated/α-hetero) is 1. The van der Waals surface area contributed by atoms with E-state index in [1.54, 1.807) is 30.1 Å². The molecule has 2 aliphatic rings. The monoisotopic (exact) mass is 1770 g/mol. The number of carbonyl (C=O) groups is 4. The maximum atomic E-state index is 13.0. The zero-order valence-corrected chi connectivity index (χ0v) is 60.7. The molecule has 2 saturated heterocycles. The molecule has 2 radical (unpaired) electrons. The molecule has 2 aromatic heterocycles. The zero-order valence-electron chi connectivity index (χ0n) is 46.4. The number of benzene rings is 4. The van der Waals surface area contributed by atoms with Gasteiger partial charge >= 0.3 is 12.2 Å². The van der Waals surface area contributed by atoms with Crippen molar-refractivity contribution in [1.29, 1.82) is 0 Å². The van der Waals surface area contributed by atoms with Crippen LogP contribution >= 0.6 is 125 Å². The number of methoxy groups -OCH3 is 2. The molecule has 2 atom stereocenters. The molecule has 2 amide bonds. The number of nitrogens with two attached hydrogens (primary N) is 1. The summed E-state index contributed by atoms with van der Waals surface area (Å²) < 4.78 is 25.8. The van der Waals surface area contributed by atoms with E-state index in [2.05, 4.69) is 151 Å². The van der Waals surface area contributed by atoms with E-state index in [0.29, 0.717) is 48.6 Å². The number of ether oxygens (including phenoxy) is 4. The van der Waals surface area contributed by atoms with Crippen molar-refractivity contribution >= 4 is 154 Å². The van der Waals surface area contributed by atoms with Gasteiger partial charge in [-0.2, -0.15) is 13.3 Å². The third-order valence-corrected chi connectivity index (χ3v) is 15.1. The summed E-state index contributed by atoms with van der Waals surface area (Å²) in [5.41, 5.74) is 11.4. The zero-order chi connectivity index (χ0) is 58.7. The number of hydrogen-bond acceptors (Lipinski definition) is 13. The molecule has 2 N–H and O–H groups in total. The number of piperidine rings is 2. The molecule has 82 heavy (non-hydrogen) atoms. The van der Waals surface area contributed by atoms with E-state index in [9.17, 15) is 19.2 Å². The molecule has 23 heteroatoms. The predicted octanol–water partition coefficient (Wildman–Crippen LogP) is 15.8. The van der Waals surface area contributed by atoms with Gasteiger partial charge in [0.1, 0.15) is 48.4 Å². The minimum absolute atomic E-state index is 0. The van der Waals surface area contributed by atoms with Crippen molar-refractivity contribution in [3.8, 4) is 34.0 Å². The summed E-state index contributed by atoms with van der Waals surface area (Å²) in [7, 11) is 3.24. The number of halogens is 6. The van der Waals surface area contributed by atoms with Gasteiger partial charge in [0.05, 0.1) is 37.2 Å². The number of nitrogens with zero attached hydrogens (tertiary/aromatic N) is 6. The topological polar surface area (TPSA) is 189 Å². The molecule has 442 valence electrons. The van der Waals surface area contributed by atoms with Crippen LogP contribution in [0.4, 0.5) is 15.4 Å². The number of likely N-dealkylation sites (tertiary alicyclic amines) is 2. The molecule has 4 heterocycles. The van der Waals surface area contributed by atoms with Crippen LogP contribution in [0, 0.1) is 20.7 Å². The Hall–Kier alpha value is -2.57. The fourth-order valence-corrected chi connectivity index (χ4v) is 7.73. The quantitative estimate of drug-likeness (QED) is 0.0470. The number of nitrogen functional groups attached to an aromatic ring is 1. The van der Waals surface area contributed by atoms with Gasteiger partial charge < -0.3 is 79.7 Å². The van der Waals surface area contributed by atoms with E-state index < -0.39 is 0 Å². The molecular formula is C59H69ClI5N7O8V2-2. The molecule has 0 saturated carbocycles. The Morgan fingerprint density at radius 3 is 1.48 bits per heavy atom. The molecule has 15 nitrogen and oxygen atoms in total. The summed E-state index contributed by atoms with van der Waals surface area (Å²) in [5, 5.41) is -0.374. The Bertz CT molecular complexity index is 2760. The fraction of sp³-hybridized carbons (Fsp3) is 0.356. The van der Waals surface area contributed by atoms with E-state index in [-0.39, 0.29) is 91.8 Å². The minimum atomic E-state index is -0.383. The molecule has 0 bridgehead atoms. The van der Waals surface area contributed by atoms with Crippen LogP contribution in [-0.4, -0.2) is 92.8 Å². The summed E-state index contributed by atoms with van der Waals surface area (Å²) in [4.78, 5) is 68.4. The first-order valence-electron chi connectivity index (χ1n) is 25.7.